The van der Waals surface area contributed by atoms with E-state index in [1.807, 2.05) is 31.2 Å². The van der Waals surface area contributed by atoms with Gasteiger partial charge in [0.05, 0.1) is 0 Å². The molecule has 0 amide bonds. The van der Waals surface area contributed by atoms with Gasteiger partial charge in [-0.15, -0.1) is 0 Å². The molecule has 0 heterocycles. The standard InChI is InChI=1S/C13H13BrO2/c1-8(7-15)13-11-4-3-10(14)6-9(11)2-5-12(13)16/h2-6,8,15-16H,7H2,1H3. The Labute approximate surface area is 103 Å². The van der Waals surface area contributed by atoms with Crippen LogP contribution >= 0.6 is 15.9 Å². The van der Waals surface area contributed by atoms with Crippen molar-refractivity contribution in [2.45, 2.75) is 12.8 Å². The molecule has 2 aromatic rings. The fourth-order valence-electron chi connectivity index (χ4n) is 1.92. The smallest absolute Gasteiger partial charge is 0.119 e. The fraction of sp³-hybridized carbons (Fsp3) is 0.231. The molecule has 2 aromatic carbocycles. The summed E-state index contributed by atoms with van der Waals surface area (Å²) in [5.41, 5.74) is 0.813. The summed E-state index contributed by atoms with van der Waals surface area (Å²) < 4.78 is 1.01. The van der Waals surface area contributed by atoms with Crippen molar-refractivity contribution in [1.29, 1.82) is 0 Å². The van der Waals surface area contributed by atoms with E-state index in [2.05, 4.69) is 15.9 Å². The molecule has 0 aliphatic carbocycles. The second-order valence-corrected chi connectivity index (χ2v) is 4.86. The summed E-state index contributed by atoms with van der Waals surface area (Å²) in [6, 6.07) is 9.46. The second-order valence-electron chi connectivity index (χ2n) is 3.95. The summed E-state index contributed by atoms with van der Waals surface area (Å²) in [5.74, 6) is 0.182. The molecule has 0 spiro atoms. The molecule has 2 rings (SSSR count). The number of rotatable bonds is 2. The molecule has 2 nitrogen and oxygen atoms in total. The molecule has 0 bridgehead atoms. The van der Waals surface area contributed by atoms with Gasteiger partial charge in [0.25, 0.3) is 0 Å². The van der Waals surface area contributed by atoms with Crippen molar-refractivity contribution in [1.82, 2.24) is 0 Å². The highest BCUT2D eigenvalue weighted by molar-refractivity contribution is 9.10. The van der Waals surface area contributed by atoms with Crippen LogP contribution in [0.4, 0.5) is 0 Å². The van der Waals surface area contributed by atoms with Gasteiger partial charge in [0.2, 0.25) is 0 Å². The Hall–Kier alpha value is -1.06. The first-order valence-electron chi connectivity index (χ1n) is 5.15. The number of aliphatic hydroxyl groups is 1. The number of halogens is 1. The van der Waals surface area contributed by atoms with Crippen LogP contribution in [0.2, 0.25) is 0 Å². The van der Waals surface area contributed by atoms with Crippen LogP contribution in [0.15, 0.2) is 34.8 Å². The van der Waals surface area contributed by atoms with Crippen LogP contribution < -0.4 is 0 Å². The van der Waals surface area contributed by atoms with Gasteiger partial charge in [0.1, 0.15) is 5.75 Å². The predicted octanol–water partition coefficient (Wildman–Crippen LogP) is 3.40. The topological polar surface area (TPSA) is 40.5 Å². The van der Waals surface area contributed by atoms with Gasteiger partial charge in [0, 0.05) is 22.6 Å². The maximum Gasteiger partial charge on any atom is 0.119 e. The van der Waals surface area contributed by atoms with Gasteiger partial charge >= 0.3 is 0 Å². The number of aromatic hydroxyl groups is 1. The lowest BCUT2D eigenvalue weighted by atomic mass is 9.94. The molecule has 3 heteroatoms. The number of phenols is 1. The minimum atomic E-state index is -0.0649. The van der Waals surface area contributed by atoms with Crippen LogP contribution in [-0.2, 0) is 0 Å². The van der Waals surface area contributed by atoms with Crippen molar-refractivity contribution >= 4 is 26.7 Å². The van der Waals surface area contributed by atoms with Crippen LogP contribution in [0.25, 0.3) is 10.8 Å². The molecule has 0 saturated carbocycles. The number of aliphatic hydroxyl groups excluding tert-OH is 1. The van der Waals surface area contributed by atoms with Gasteiger partial charge in [0.15, 0.2) is 0 Å². The summed E-state index contributed by atoms with van der Waals surface area (Å²) >= 11 is 3.42. The Morgan fingerprint density at radius 2 is 2.00 bits per heavy atom. The van der Waals surface area contributed by atoms with Crippen LogP contribution in [0.3, 0.4) is 0 Å². The molecule has 2 N–H and O–H groups in total. The first-order valence-corrected chi connectivity index (χ1v) is 5.94. The van der Waals surface area contributed by atoms with Gasteiger partial charge in [-0.1, -0.05) is 35.0 Å². The van der Waals surface area contributed by atoms with Crippen molar-refractivity contribution < 1.29 is 10.2 Å². The predicted molar refractivity (Wildman–Crippen MR) is 68.8 cm³/mol. The number of hydrogen-bond acceptors (Lipinski definition) is 2. The summed E-state index contributed by atoms with van der Waals surface area (Å²) in [4.78, 5) is 0. The van der Waals surface area contributed by atoms with Gasteiger partial charge in [-0.25, -0.2) is 0 Å². The summed E-state index contributed by atoms with van der Waals surface area (Å²) in [6.07, 6.45) is 0. The van der Waals surface area contributed by atoms with E-state index in [-0.39, 0.29) is 18.3 Å². The van der Waals surface area contributed by atoms with Gasteiger partial charge in [-0.05, 0) is 29.0 Å². The normalized spacial score (nSPS) is 12.9. The third-order valence-corrected chi connectivity index (χ3v) is 3.26. The minimum Gasteiger partial charge on any atom is -0.508 e. The van der Waals surface area contributed by atoms with E-state index in [0.29, 0.717) is 0 Å². The SMILES string of the molecule is CC(CO)c1c(O)ccc2cc(Br)ccc12. The van der Waals surface area contributed by atoms with E-state index < -0.39 is 0 Å². The molecule has 1 atom stereocenters. The van der Waals surface area contributed by atoms with Crippen LogP contribution in [0.1, 0.15) is 18.4 Å². The first-order chi connectivity index (χ1) is 7.63. The van der Waals surface area contributed by atoms with E-state index in [9.17, 15) is 10.2 Å². The van der Waals surface area contributed by atoms with Crippen molar-refractivity contribution in [3.05, 3.63) is 40.4 Å². The molecule has 0 aromatic heterocycles. The Morgan fingerprint density at radius 1 is 1.25 bits per heavy atom. The number of benzene rings is 2. The lowest BCUT2D eigenvalue weighted by molar-refractivity contribution is 0.271. The first kappa shape index (κ1) is 11.4. The average molecular weight is 281 g/mol. The Bertz CT molecular complexity index is 523. The minimum absolute atomic E-state index is 0.0305. The van der Waals surface area contributed by atoms with Gasteiger partial charge in [-0.3, -0.25) is 0 Å². The monoisotopic (exact) mass is 280 g/mol. The molecule has 84 valence electrons. The van der Waals surface area contributed by atoms with Gasteiger partial charge < -0.3 is 10.2 Å². The molecule has 0 saturated heterocycles. The molecule has 16 heavy (non-hydrogen) atoms. The van der Waals surface area contributed by atoms with E-state index in [4.69, 9.17) is 0 Å². The maximum absolute atomic E-state index is 9.86. The Balaban J connectivity index is 2.74. The van der Waals surface area contributed by atoms with Crippen LogP contribution in [0, 0.1) is 0 Å². The van der Waals surface area contributed by atoms with E-state index in [1.165, 1.54) is 0 Å². The van der Waals surface area contributed by atoms with Crippen molar-refractivity contribution in [2.24, 2.45) is 0 Å². The van der Waals surface area contributed by atoms with Gasteiger partial charge in [-0.2, -0.15) is 0 Å². The average Bonchev–Trinajstić information content (AvgIpc) is 2.28. The Morgan fingerprint density at radius 3 is 2.69 bits per heavy atom. The lowest BCUT2D eigenvalue weighted by Crippen LogP contribution is -2.00. The van der Waals surface area contributed by atoms with E-state index in [1.54, 1.807) is 6.07 Å². The molecule has 0 radical (unpaired) electrons. The second kappa shape index (κ2) is 4.44. The fourth-order valence-corrected chi connectivity index (χ4v) is 2.30. The number of fused-ring (bicyclic) bond motifs is 1. The number of phenolic OH excluding ortho intramolecular Hbond substituents is 1. The maximum atomic E-state index is 9.86. The highest BCUT2D eigenvalue weighted by Gasteiger charge is 2.13. The summed E-state index contributed by atoms with van der Waals surface area (Å²) in [6.45, 7) is 1.93. The van der Waals surface area contributed by atoms with Crippen molar-refractivity contribution in [3.8, 4) is 5.75 Å². The zero-order valence-corrected chi connectivity index (χ0v) is 10.5. The molecule has 0 aliphatic rings. The lowest BCUT2D eigenvalue weighted by Gasteiger charge is -2.14. The van der Waals surface area contributed by atoms with Crippen molar-refractivity contribution in [2.75, 3.05) is 6.61 Å². The third kappa shape index (κ3) is 1.93. The molecular weight excluding hydrogens is 268 g/mol. The molecule has 0 fully saturated rings. The van der Waals surface area contributed by atoms with E-state index >= 15 is 0 Å². The number of hydrogen-bond donors (Lipinski definition) is 2. The molecular formula is C13H13BrO2. The largest absolute Gasteiger partial charge is 0.508 e. The molecule has 0 aliphatic heterocycles. The Kier molecular flexibility index (Phi) is 3.17. The quantitative estimate of drug-likeness (QED) is 0.885. The molecule has 1 unspecified atom stereocenters. The summed E-state index contributed by atoms with van der Waals surface area (Å²) in [7, 11) is 0. The van der Waals surface area contributed by atoms with E-state index in [0.717, 1.165) is 20.8 Å². The summed E-state index contributed by atoms with van der Waals surface area (Å²) in [5, 5.41) is 21.1. The highest BCUT2D eigenvalue weighted by atomic mass is 79.9. The third-order valence-electron chi connectivity index (χ3n) is 2.77. The zero-order chi connectivity index (χ0) is 11.7. The van der Waals surface area contributed by atoms with Crippen LogP contribution in [-0.4, -0.2) is 16.8 Å². The zero-order valence-electron chi connectivity index (χ0n) is 8.94. The van der Waals surface area contributed by atoms with Crippen molar-refractivity contribution in [3.63, 3.8) is 0 Å². The highest BCUT2D eigenvalue weighted by Crippen LogP contribution is 2.34. The van der Waals surface area contributed by atoms with Crippen LogP contribution in [0.5, 0.6) is 5.75 Å².